The van der Waals surface area contributed by atoms with E-state index in [0.717, 1.165) is 16.9 Å². The van der Waals surface area contributed by atoms with Crippen LogP contribution in [0.15, 0.2) is 54.6 Å². The van der Waals surface area contributed by atoms with Crippen molar-refractivity contribution in [3.05, 3.63) is 65.7 Å². The van der Waals surface area contributed by atoms with Crippen LogP contribution in [-0.2, 0) is 9.59 Å². The summed E-state index contributed by atoms with van der Waals surface area (Å²) < 4.78 is 5.80. The lowest BCUT2D eigenvalue weighted by atomic mass is 10.0. The first kappa shape index (κ1) is 21.5. The first-order valence-corrected chi connectivity index (χ1v) is 9.66. The Morgan fingerprint density at radius 3 is 2.32 bits per heavy atom. The molecule has 0 aliphatic heterocycles. The maximum Gasteiger partial charge on any atom is 0.249 e. The van der Waals surface area contributed by atoms with E-state index < -0.39 is 6.04 Å². The van der Waals surface area contributed by atoms with Gasteiger partial charge in [-0.1, -0.05) is 62.4 Å². The molecule has 28 heavy (non-hydrogen) atoms. The molecule has 5 heteroatoms. The second kappa shape index (κ2) is 10.5. The molecule has 2 rings (SSSR count). The normalized spacial score (nSPS) is 11.8. The molecule has 2 aromatic carbocycles. The molecule has 0 bridgehead atoms. The van der Waals surface area contributed by atoms with Gasteiger partial charge in [0, 0.05) is 13.5 Å². The molecule has 0 saturated heterocycles. The molecule has 0 radical (unpaired) electrons. The number of carbonyl (C=O) groups is 2. The zero-order chi connectivity index (χ0) is 20.5. The van der Waals surface area contributed by atoms with Gasteiger partial charge in [-0.25, -0.2) is 0 Å². The molecule has 5 nitrogen and oxygen atoms in total. The number of ether oxygens (including phenoxy) is 1. The number of likely N-dealkylation sites (N-methyl/N-ethyl adjacent to an activating group) is 1. The van der Waals surface area contributed by atoms with E-state index in [0.29, 0.717) is 19.6 Å². The van der Waals surface area contributed by atoms with Crippen LogP contribution in [0.1, 0.15) is 37.4 Å². The molecule has 2 aromatic rings. The van der Waals surface area contributed by atoms with Gasteiger partial charge in [-0.3, -0.25) is 9.59 Å². The second-order valence-corrected chi connectivity index (χ2v) is 7.38. The van der Waals surface area contributed by atoms with Crippen LogP contribution < -0.4 is 10.1 Å². The van der Waals surface area contributed by atoms with E-state index in [9.17, 15) is 9.59 Å². The third-order valence-corrected chi connectivity index (χ3v) is 4.43. The van der Waals surface area contributed by atoms with Crippen molar-refractivity contribution >= 4 is 11.8 Å². The molecule has 1 N–H and O–H groups in total. The summed E-state index contributed by atoms with van der Waals surface area (Å²) in [4.78, 5) is 26.9. The number of amides is 2. The zero-order valence-corrected chi connectivity index (χ0v) is 17.1. The summed E-state index contributed by atoms with van der Waals surface area (Å²) in [6.45, 7) is 6.76. The van der Waals surface area contributed by atoms with E-state index in [-0.39, 0.29) is 17.7 Å². The molecule has 150 valence electrons. The minimum absolute atomic E-state index is 0.123. The van der Waals surface area contributed by atoms with Crippen LogP contribution in [0, 0.1) is 12.8 Å². The average molecular weight is 383 g/mol. The third kappa shape index (κ3) is 6.41. The van der Waals surface area contributed by atoms with Crippen molar-refractivity contribution in [1.82, 2.24) is 10.2 Å². The lowest BCUT2D eigenvalue weighted by molar-refractivity contribution is -0.136. The number of aryl methyl sites for hydroxylation is 1. The van der Waals surface area contributed by atoms with E-state index in [1.807, 2.05) is 75.4 Å². The lowest BCUT2D eigenvalue weighted by Crippen LogP contribution is -2.42. The van der Waals surface area contributed by atoms with E-state index in [1.165, 1.54) is 0 Å². The molecular formula is C23H30N2O3. The van der Waals surface area contributed by atoms with Crippen LogP contribution in [0.4, 0.5) is 0 Å². The molecule has 1 atom stereocenters. The van der Waals surface area contributed by atoms with Crippen molar-refractivity contribution in [3.63, 3.8) is 0 Å². The lowest BCUT2D eigenvalue weighted by Gasteiger charge is -2.25. The standard InChI is InChI=1S/C23H30N2O3/c1-17(2)16-21(26)24-22(19-11-6-5-7-12-19)23(27)25(4)14-15-28-20-13-9-8-10-18(20)3/h5-13,17,22H,14-16H2,1-4H3,(H,24,26). The van der Waals surface area contributed by atoms with Crippen molar-refractivity contribution in [2.24, 2.45) is 5.92 Å². The minimum atomic E-state index is -0.698. The number of nitrogens with one attached hydrogen (secondary N) is 1. The van der Waals surface area contributed by atoms with Crippen LogP contribution in [0.2, 0.25) is 0 Å². The number of hydrogen-bond donors (Lipinski definition) is 1. The van der Waals surface area contributed by atoms with Gasteiger partial charge in [0.2, 0.25) is 11.8 Å². The molecule has 0 spiro atoms. The van der Waals surface area contributed by atoms with Crippen molar-refractivity contribution in [2.45, 2.75) is 33.2 Å². The van der Waals surface area contributed by atoms with Gasteiger partial charge in [0.05, 0.1) is 6.54 Å². The van der Waals surface area contributed by atoms with Crippen molar-refractivity contribution < 1.29 is 14.3 Å². The largest absolute Gasteiger partial charge is 0.491 e. The van der Waals surface area contributed by atoms with Gasteiger partial charge in [-0.15, -0.1) is 0 Å². The Balaban J connectivity index is 2.01. The van der Waals surface area contributed by atoms with Gasteiger partial charge in [-0.05, 0) is 30.0 Å². The van der Waals surface area contributed by atoms with Gasteiger partial charge < -0.3 is 15.0 Å². The first-order valence-electron chi connectivity index (χ1n) is 9.66. The van der Waals surface area contributed by atoms with Crippen molar-refractivity contribution in [3.8, 4) is 5.75 Å². The summed E-state index contributed by atoms with van der Waals surface area (Å²) in [6, 6.07) is 16.4. The third-order valence-electron chi connectivity index (χ3n) is 4.43. The SMILES string of the molecule is Cc1ccccc1OCCN(C)C(=O)C(NC(=O)CC(C)C)c1ccccc1. The zero-order valence-electron chi connectivity index (χ0n) is 17.1. The highest BCUT2D eigenvalue weighted by molar-refractivity contribution is 5.88. The molecule has 0 aliphatic rings. The number of benzene rings is 2. The summed E-state index contributed by atoms with van der Waals surface area (Å²) in [5.41, 5.74) is 1.83. The van der Waals surface area contributed by atoms with Gasteiger partial charge in [0.15, 0.2) is 0 Å². The number of carbonyl (C=O) groups excluding carboxylic acids is 2. The maximum absolute atomic E-state index is 13.0. The highest BCUT2D eigenvalue weighted by Gasteiger charge is 2.25. The fraction of sp³-hybridized carbons (Fsp3) is 0.391. The van der Waals surface area contributed by atoms with Gasteiger partial charge in [0.1, 0.15) is 18.4 Å². The monoisotopic (exact) mass is 382 g/mol. The fourth-order valence-electron chi connectivity index (χ4n) is 2.87. The molecule has 0 aromatic heterocycles. The highest BCUT2D eigenvalue weighted by atomic mass is 16.5. The van der Waals surface area contributed by atoms with Crippen molar-refractivity contribution in [2.75, 3.05) is 20.2 Å². The van der Waals surface area contributed by atoms with Gasteiger partial charge in [0.25, 0.3) is 0 Å². The van der Waals surface area contributed by atoms with E-state index in [2.05, 4.69) is 5.32 Å². The fourth-order valence-corrected chi connectivity index (χ4v) is 2.87. The van der Waals surface area contributed by atoms with Crippen LogP contribution >= 0.6 is 0 Å². The smallest absolute Gasteiger partial charge is 0.249 e. The second-order valence-electron chi connectivity index (χ2n) is 7.38. The Hall–Kier alpha value is -2.82. The van der Waals surface area contributed by atoms with Crippen LogP contribution in [0.25, 0.3) is 0 Å². The molecule has 0 fully saturated rings. The molecule has 0 heterocycles. The van der Waals surface area contributed by atoms with Gasteiger partial charge >= 0.3 is 0 Å². The van der Waals surface area contributed by atoms with E-state index in [4.69, 9.17) is 4.74 Å². The Labute approximate surface area is 167 Å². The summed E-state index contributed by atoms with van der Waals surface area (Å²) >= 11 is 0. The molecule has 0 saturated carbocycles. The van der Waals surface area contributed by atoms with Crippen LogP contribution in [0.3, 0.4) is 0 Å². The molecular weight excluding hydrogens is 352 g/mol. The Bertz CT molecular complexity index is 774. The van der Waals surface area contributed by atoms with Crippen LogP contribution in [-0.4, -0.2) is 36.9 Å². The maximum atomic E-state index is 13.0. The molecule has 1 unspecified atom stereocenters. The average Bonchev–Trinajstić information content (AvgIpc) is 2.67. The predicted octanol–water partition coefficient (Wildman–Crippen LogP) is 3.74. The Morgan fingerprint density at radius 1 is 1.04 bits per heavy atom. The number of para-hydroxylation sites is 1. The first-order chi connectivity index (χ1) is 13.4. The quantitative estimate of drug-likeness (QED) is 0.719. The minimum Gasteiger partial charge on any atom is -0.491 e. The summed E-state index contributed by atoms with van der Waals surface area (Å²) in [5.74, 6) is 0.762. The van der Waals surface area contributed by atoms with Crippen molar-refractivity contribution in [1.29, 1.82) is 0 Å². The molecule has 2 amide bonds. The highest BCUT2D eigenvalue weighted by Crippen LogP contribution is 2.18. The Kier molecular flexibility index (Phi) is 8.05. The number of rotatable bonds is 9. The molecule has 0 aliphatic carbocycles. The summed E-state index contributed by atoms with van der Waals surface area (Å²) in [5, 5.41) is 2.89. The number of nitrogens with zero attached hydrogens (tertiary/aromatic N) is 1. The summed E-state index contributed by atoms with van der Waals surface area (Å²) in [6.07, 6.45) is 0.386. The summed E-state index contributed by atoms with van der Waals surface area (Å²) in [7, 11) is 1.73. The van der Waals surface area contributed by atoms with Gasteiger partial charge in [-0.2, -0.15) is 0 Å². The Morgan fingerprint density at radius 2 is 1.68 bits per heavy atom. The predicted molar refractivity (Wildman–Crippen MR) is 111 cm³/mol. The van der Waals surface area contributed by atoms with E-state index in [1.54, 1.807) is 11.9 Å². The van der Waals surface area contributed by atoms with E-state index >= 15 is 0 Å². The van der Waals surface area contributed by atoms with Crippen LogP contribution in [0.5, 0.6) is 5.75 Å². The number of hydrogen-bond acceptors (Lipinski definition) is 3. The topological polar surface area (TPSA) is 58.6 Å².